The van der Waals surface area contributed by atoms with Crippen LogP contribution in [-0.4, -0.2) is 42.3 Å². The van der Waals surface area contributed by atoms with Gasteiger partial charge in [-0.15, -0.1) is 15.3 Å². The van der Waals surface area contributed by atoms with Gasteiger partial charge in [-0.1, -0.05) is 46.9 Å². The lowest BCUT2D eigenvalue weighted by molar-refractivity contribution is 0.0945. The Morgan fingerprint density at radius 2 is 2.08 bits per heavy atom. The van der Waals surface area contributed by atoms with Crippen molar-refractivity contribution in [2.75, 3.05) is 0 Å². The molecule has 2 atom stereocenters. The van der Waals surface area contributed by atoms with Crippen LogP contribution in [0.3, 0.4) is 0 Å². The van der Waals surface area contributed by atoms with Crippen molar-refractivity contribution in [3.63, 3.8) is 0 Å². The minimum atomic E-state index is -0.426. The fourth-order valence-electron chi connectivity index (χ4n) is 3.04. The molecule has 9 heteroatoms. The Morgan fingerprint density at radius 3 is 2.85 bits per heavy atom. The van der Waals surface area contributed by atoms with E-state index in [0.29, 0.717) is 0 Å². The van der Waals surface area contributed by atoms with Crippen molar-refractivity contribution in [2.45, 2.75) is 38.0 Å². The molecule has 0 saturated heterocycles. The van der Waals surface area contributed by atoms with Gasteiger partial charge in [0, 0.05) is 5.56 Å². The quantitative estimate of drug-likeness (QED) is 0.709. The number of aliphatic hydroxyl groups is 1. The largest absolute Gasteiger partial charge is 0.391 e. The number of hydrogen-bond acceptors (Lipinski definition) is 7. The summed E-state index contributed by atoms with van der Waals surface area (Å²) in [6.07, 6.45) is 3.72. The van der Waals surface area contributed by atoms with Gasteiger partial charge < -0.3 is 10.4 Å². The summed E-state index contributed by atoms with van der Waals surface area (Å²) in [6, 6.07) is 9.69. The summed E-state index contributed by atoms with van der Waals surface area (Å²) in [7, 11) is 0. The van der Waals surface area contributed by atoms with E-state index >= 15 is 0 Å². The van der Waals surface area contributed by atoms with E-state index < -0.39 is 6.10 Å². The molecule has 3 aromatic rings. The first kappa shape index (κ1) is 16.8. The van der Waals surface area contributed by atoms with Gasteiger partial charge in [0.05, 0.1) is 24.9 Å². The number of benzene rings is 1. The maximum absolute atomic E-state index is 12.3. The molecule has 0 bridgehead atoms. The fourth-order valence-corrected chi connectivity index (χ4v) is 3.83. The second-order valence-corrected chi connectivity index (χ2v) is 7.26. The number of amides is 1. The number of nitrogens with one attached hydrogen (secondary N) is 1. The standard InChI is InChI=1S/C17H18N6O2S/c24-14-8-4-7-13(14)23-10-12(19-22-23)16(25)18-9-15-20-21-17(26-15)11-5-2-1-3-6-11/h1-3,5-6,10,13-14,24H,4,7-9H2,(H,18,25)/t13-,14-/m1/s1. The Balaban J connectivity index is 1.37. The Morgan fingerprint density at radius 1 is 1.23 bits per heavy atom. The number of aromatic nitrogens is 5. The van der Waals surface area contributed by atoms with Gasteiger partial charge in [0.15, 0.2) is 5.69 Å². The maximum atomic E-state index is 12.3. The summed E-state index contributed by atoms with van der Waals surface area (Å²) in [5.74, 6) is -0.319. The summed E-state index contributed by atoms with van der Waals surface area (Å²) in [6.45, 7) is 0.280. The number of carbonyl (C=O) groups excluding carboxylic acids is 1. The van der Waals surface area contributed by atoms with Crippen LogP contribution in [0.4, 0.5) is 0 Å². The third kappa shape index (κ3) is 3.49. The summed E-state index contributed by atoms with van der Waals surface area (Å²) in [5, 5.41) is 30.4. The van der Waals surface area contributed by atoms with Crippen molar-refractivity contribution >= 4 is 17.2 Å². The molecule has 1 aromatic carbocycles. The molecule has 4 rings (SSSR count). The Bertz CT molecular complexity index is 894. The molecule has 1 aliphatic rings. The molecule has 0 unspecified atom stereocenters. The third-order valence-electron chi connectivity index (χ3n) is 4.41. The first-order valence-corrected chi connectivity index (χ1v) is 9.28. The molecule has 0 aliphatic heterocycles. The van der Waals surface area contributed by atoms with Crippen LogP contribution in [0, 0.1) is 0 Å². The van der Waals surface area contributed by atoms with Crippen molar-refractivity contribution in [1.82, 2.24) is 30.5 Å². The van der Waals surface area contributed by atoms with Gasteiger partial charge in [0.1, 0.15) is 10.0 Å². The summed E-state index contributed by atoms with van der Waals surface area (Å²) < 4.78 is 1.59. The van der Waals surface area contributed by atoms with E-state index in [1.165, 1.54) is 11.3 Å². The van der Waals surface area contributed by atoms with E-state index in [0.717, 1.165) is 34.8 Å². The van der Waals surface area contributed by atoms with Crippen LogP contribution in [0.25, 0.3) is 10.6 Å². The minimum Gasteiger partial charge on any atom is -0.391 e. The van der Waals surface area contributed by atoms with Crippen molar-refractivity contribution < 1.29 is 9.90 Å². The molecule has 134 valence electrons. The Hall–Kier alpha value is -2.65. The van der Waals surface area contributed by atoms with Gasteiger partial charge in [-0.2, -0.15) is 0 Å². The van der Waals surface area contributed by atoms with Crippen LogP contribution >= 0.6 is 11.3 Å². The van der Waals surface area contributed by atoms with Crippen LogP contribution in [-0.2, 0) is 6.54 Å². The molecule has 2 heterocycles. The first-order chi connectivity index (χ1) is 12.7. The summed E-state index contributed by atoms with van der Waals surface area (Å²) >= 11 is 1.44. The highest BCUT2D eigenvalue weighted by Gasteiger charge is 2.28. The van der Waals surface area contributed by atoms with E-state index in [1.54, 1.807) is 10.9 Å². The second kappa shape index (κ2) is 7.30. The number of carbonyl (C=O) groups is 1. The highest BCUT2D eigenvalue weighted by molar-refractivity contribution is 7.14. The number of hydrogen-bond donors (Lipinski definition) is 2. The van der Waals surface area contributed by atoms with Gasteiger partial charge in [-0.3, -0.25) is 4.79 Å². The average Bonchev–Trinajstić information content (AvgIpc) is 3.41. The van der Waals surface area contributed by atoms with E-state index in [4.69, 9.17) is 0 Å². The van der Waals surface area contributed by atoms with Gasteiger partial charge >= 0.3 is 0 Å². The highest BCUT2D eigenvalue weighted by atomic mass is 32.1. The zero-order valence-electron chi connectivity index (χ0n) is 13.9. The monoisotopic (exact) mass is 370 g/mol. The summed E-state index contributed by atoms with van der Waals surface area (Å²) in [4.78, 5) is 12.3. The van der Waals surface area contributed by atoms with Gasteiger partial charge in [0.2, 0.25) is 0 Å². The maximum Gasteiger partial charge on any atom is 0.273 e. The highest BCUT2D eigenvalue weighted by Crippen LogP contribution is 2.29. The zero-order chi connectivity index (χ0) is 17.9. The average molecular weight is 370 g/mol. The SMILES string of the molecule is O=C(NCc1nnc(-c2ccccc2)s1)c1cn([C@@H]2CCC[C@H]2O)nn1. The van der Waals surface area contributed by atoms with E-state index in [2.05, 4.69) is 25.8 Å². The lowest BCUT2D eigenvalue weighted by atomic mass is 10.2. The summed E-state index contributed by atoms with van der Waals surface area (Å²) in [5.41, 5.74) is 1.23. The lowest BCUT2D eigenvalue weighted by Crippen LogP contribution is -2.23. The topological polar surface area (TPSA) is 106 Å². The van der Waals surface area contributed by atoms with Crippen LogP contribution in [0.2, 0.25) is 0 Å². The van der Waals surface area contributed by atoms with E-state index in [1.807, 2.05) is 30.3 Å². The molecule has 2 N–H and O–H groups in total. The third-order valence-corrected chi connectivity index (χ3v) is 5.39. The van der Waals surface area contributed by atoms with Crippen molar-refractivity contribution in [3.8, 4) is 10.6 Å². The number of aliphatic hydroxyl groups excluding tert-OH is 1. The van der Waals surface area contributed by atoms with Gasteiger partial charge in [-0.25, -0.2) is 4.68 Å². The smallest absolute Gasteiger partial charge is 0.273 e. The molecular formula is C17H18N6O2S. The van der Waals surface area contributed by atoms with Gasteiger partial charge in [-0.05, 0) is 19.3 Å². The van der Waals surface area contributed by atoms with Gasteiger partial charge in [0.25, 0.3) is 5.91 Å². The Labute approximate surface area is 153 Å². The second-order valence-electron chi connectivity index (χ2n) is 6.20. The normalized spacial score (nSPS) is 19.6. The molecule has 1 fully saturated rings. The van der Waals surface area contributed by atoms with Crippen molar-refractivity contribution in [3.05, 3.63) is 47.2 Å². The molecule has 8 nitrogen and oxygen atoms in total. The number of rotatable bonds is 5. The molecule has 0 radical (unpaired) electrons. The van der Waals surface area contributed by atoms with E-state index in [9.17, 15) is 9.90 Å². The fraction of sp³-hybridized carbons (Fsp3) is 0.353. The van der Waals surface area contributed by atoms with Crippen LogP contribution < -0.4 is 5.32 Å². The molecular weight excluding hydrogens is 352 g/mol. The van der Waals surface area contributed by atoms with Crippen LogP contribution in [0.15, 0.2) is 36.5 Å². The first-order valence-electron chi connectivity index (χ1n) is 8.46. The molecule has 1 aliphatic carbocycles. The van der Waals surface area contributed by atoms with Crippen LogP contribution in [0.1, 0.15) is 40.8 Å². The molecule has 1 saturated carbocycles. The number of nitrogens with zero attached hydrogens (tertiary/aromatic N) is 5. The van der Waals surface area contributed by atoms with Crippen LogP contribution in [0.5, 0.6) is 0 Å². The zero-order valence-corrected chi connectivity index (χ0v) is 14.8. The Kier molecular flexibility index (Phi) is 4.72. The minimum absolute atomic E-state index is 0.0966. The predicted molar refractivity (Wildman–Crippen MR) is 95.4 cm³/mol. The molecule has 26 heavy (non-hydrogen) atoms. The van der Waals surface area contributed by atoms with Crippen molar-refractivity contribution in [2.24, 2.45) is 0 Å². The lowest BCUT2D eigenvalue weighted by Gasteiger charge is -2.13. The van der Waals surface area contributed by atoms with Crippen molar-refractivity contribution in [1.29, 1.82) is 0 Å². The predicted octanol–water partition coefficient (Wildman–Crippen LogP) is 1.81. The van der Waals surface area contributed by atoms with E-state index in [-0.39, 0.29) is 24.2 Å². The molecule has 0 spiro atoms. The molecule has 2 aromatic heterocycles. The molecule has 1 amide bonds.